The van der Waals surface area contributed by atoms with Crippen LogP contribution in [0.4, 0.5) is 26.3 Å². The van der Waals surface area contributed by atoms with Crippen molar-refractivity contribution in [2.24, 2.45) is 0 Å². The van der Waals surface area contributed by atoms with Crippen molar-refractivity contribution in [1.82, 2.24) is 0 Å². The van der Waals surface area contributed by atoms with Crippen molar-refractivity contribution in [3.8, 4) is 17.2 Å². The molecule has 1 aliphatic rings. The SMILES string of the molecule is CCCOc1ccc(C(=O)Oc2ccc(C3=CCC(c4ccc(OCC)c(F)c4F)CC3)c(F)c2F)c(F)c1F. The van der Waals surface area contributed by atoms with Crippen LogP contribution in [-0.2, 0) is 0 Å². The number of benzene rings is 3. The summed E-state index contributed by atoms with van der Waals surface area (Å²) < 4.78 is 102. The van der Waals surface area contributed by atoms with E-state index in [2.05, 4.69) is 0 Å². The van der Waals surface area contributed by atoms with E-state index in [1.54, 1.807) is 19.9 Å². The Morgan fingerprint density at radius 3 is 2.10 bits per heavy atom. The minimum Gasteiger partial charge on any atom is -0.491 e. The zero-order valence-electron chi connectivity index (χ0n) is 21.8. The second kappa shape index (κ2) is 12.5. The van der Waals surface area contributed by atoms with Gasteiger partial charge in [0.25, 0.3) is 0 Å². The Hall–Kier alpha value is -3.95. The maximum atomic E-state index is 15.0. The molecule has 0 saturated carbocycles. The van der Waals surface area contributed by atoms with Crippen LogP contribution in [0.15, 0.2) is 42.5 Å². The predicted octanol–water partition coefficient (Wildman–Crippen LogP) is 8.28. The van der Waals surface area contributed by atoms with Gasteiger partial charge in [-0.2, -0.15) is 13.2 Å². The van der Waals surface area contributed by atoms with Crippen molar-refractivity contribution >= 4 is 11.5 Å². The minimum atomic E-state index is -1.54. The van der Waals surface area contributed by atoms with E-state index in [1.807, 2.05) is 0 Å². The molecule has 1 atom stereocenters. The van der Waals surface area contributed by atoms with Crippen molar-refractivity contribution in [3.05, 3.63) is 94.1 Å². The van der Waals surface area contributed by atoms with E-state index in [9.17, 15) is 31.1 Å². The first-order valence-electron chi connectivity index (χ1n) is 12.8. The molecule has 0 amide bonds. The highest BCUT2D eigenvalue weighted by molar-refractivity contribution is 5.91. The first-order valence-corrected chi connectivity index (χ1v) is 12.8. The second-order valence-electron chi connectivity index (χ2n) is 9.13. The van der Waals surface area contributed by atoms with E-state index in [4.69, 9.17) is 14.2 Å². The lowest BCUT2D eigenvalue weighted by Crippen LogP contribution is -2.14. The predicted molar refractivity (Wildman–Crippen MR) is 136 cm³/mol. The Kier molecular flexibility index (Phi) is 9.07. The largest absolute Gasteiger partial charge is 0.491 e. The van der Waals surface area contributed by atoms with Gasteiger partial charge in [0.05, 0.1) is 18.8 Å². The molecule has 3 aromatic carbocycles. The van der Waals surface area contributed by atoms with Gasteiger partial charge in [0.2, 0.25) is 17.5 Å². The standard InChI is InChI=1S/C30H26F6O4/c1-3-15-39-22-13-11-20(26(33)28(22)35)30(37)40-23-14-10-19(25(32)29(23)36)17-7-5-16(6-8-17)18-9-12-21(38-4-2)27(34)24(18)31/h7,9-14,16H,3-6,8,15H2,1-2H3. The molecule has 1 aliphatic carbocycles. The van der Waals surface area contributed by atoms with E-state index < -0.39 is 57.9 Å². The van der Waals surface area contributed by atoms with Gasteiger partial charge in [0, 0.05) is 5.56 Å². The Balaban J connectivity index is 1.50. The Labute approximate surface area is 227 Å². The molecule has 0 N–H and O–H groups in total. The maximum Gasteiger partial charge on any atom is 0.346 e. The molecule has 0 bridgehead atoms. The second-order valence-corrected chi connectivity index (χ2v) is 9.13. The van der Waals surface area contributed by atoms with E-state index in [1.165, 1.54) is 18.2 Å². The van der Waals surface area contributed by atoms with Gasteiger partial charge in [-0.3, -0.25) is 0 Å². The molecule has 4 rings (SSSR count). The molecule has 10 heteroatoms. The Morgan fingerprint density at radius 1 is 0.775 bits per heavy atom. The molecule has 0 saturated heterocycles. The van der Waals surface area contributed by atoms with Crippen molar-refractivity contribution in [1.29, 1.82) is 0 Å². The average Bonchev–Trinajstić information content (AvgIpc) is 2.95. The molecule has 0 aliphatic heterocycles. The first-order chi connectivity index (χ1) is 19.2. The fourth-order valence-electron chi connectivity index (χ4n) is 4.52. The van der Waals surface area contributed by atoms with Gasteiger partial charge >= 0.3 is 5.97 Å². The molecular weight excluding hydrogens is 538 g/mol. The van der Waals surface area contributed by atoms with Crippen LogP contribution in [0.1, 0.15) is 66.9 Å². The molecule has 0 spiro atoms. The summed E-state index contributed by atoms with van der Waals surface area (Å²) >= 11 is 0. The summed E-state index contributed by atoms with van der Waals surface area (Å²) in [5, 5.41) is 0. The summed E-state index contributed by atoms with van der Waals surface area (Å²) in [5.74, 6) is -11.0. The van der Waals surface area contributed by atoms with Crippen LogP contribution in [-0.4, -0.2) is 19.2 Å². The number of hydrogen-bond donors (Lipinski definition) is 0. The van der Waals surface area contributed by atoms with Gasteiger partial charge in [-0.1, -0.05) is 19.1 Å². The normalized spacial score (nSPS) is 15.0. The van der Waals surface area contributed by atoms with Crippen molar-refractivity contribution in [2.45, 2.75) is 45.4 Å². The molecular formula is C30H26F6O4. The third kappa shape index (κ3) is 5.80. The number of allylic oxidation sites excluding steroid dienone is 2. The van der Waals surface area contributed by atoms with Crippen LogP contribution in [0.5, 0.6) is 17.2 Å². The third-order valence-corrected chi connectivity index (χ3v) is 6.55. The van der Waals surface area contributed by atoms with E-state index in [0.29, 0.717) is 18.4 Å². The number of esters is 1. The van der Waals surface area contributed by atoms with Gasteiger partial charge in [-0.25, -0.2) is 18.0 Å². The van der Waals surface area contributed by atoms with Crippen LogP contribution in [0.25, 0.3) is 5.57 Å². The summed E-state index contributed by atoms with van der Waals surface area (Å²) in [7, 11) is 0. The Morgan fingerprint density at radius 2 is 1.43 bits per heavy atom. The molecule has 40 heavy (non-hydrogen) atoms. The topological polar surface area (TPSA) is 44.8 Å². The fourth-order valence-corrected chi connectivity index (χ4v) is 4.52. The number of hydrogen-bond acceptors (Lipinski definition) is 4. The summed E-state index contributed by atoms with van der Waals surface area (Å²) in [4.78, 5) is 12.4. The zero-order valence-corrected chi connectivity index (χ0v) is 21.8. The number of carbonyl (C=O) groups excluding carboxylic acids is 1. The first kappa shape index (κ1) is 29.0. The Bertz CT molecular complexity index is 1450. The van der Waals surface area contributed by atoms with Gasteiger partial charge in [-0.15, -0.1) is 0 Å². The number of ether oxygens (including phenoxy) is 3. The van der Waals surface area contributed by atoms with Gasteiger partial charge in [0.15, 0.2) is 34.7 Å². The number of carbonyl (C=O) groups is 1. The fraction of sp³-hybridized carbons (Fsp3) is 0.300. The maximum absolute atomic E-state index is 15.0. The molecule has 0 fully saturated rings. The van der Waals surface area contributed by atoms with E-state index in [0.717, 1.165) is 18.2 Å². The van der Waals surface area contributed by atoms with Gasteiger partial charge < -0.3 is 14.2 Å². The van der Waals surface area contributed by atoms with Crippen molar-refractivity contribution < 1.29 is 45.3 Å². The quantitative estimate of drug-likeness (QED) is 0.149. The molecule has 4 nitrogen and oxygen atoms in total. The van der Waals surface area contributed by atoms with Gasteiger partial charge in [-0.05, 0) is 80.0 Å². The molecule has 1 unspecified atom stereocenters. The zero-order chi connectivity index (χ0) is 29.0. The summed E-state index contributed by atoms with van der Waals surface area (Å²) in [5.41, 5.74) is -0.306. The number of halogens is 6. The van der Waals surface area contributed by atoms with Crippen LogP contribution < -0.4 is 14.2 Å². The van der Waals surface area contributed by atoms with Crippen molar-refractivity contribution in [2.75, 3.05) is 13.2 Å². The summed E-state index contributed by atoms with van der Waals surface area (Å²) in [6.07, 6.45) is 3.00. The van der Waals surface area contributed by atoms with E-state index in [-0.39, 0.29) is 48.8 Å². The summed E-state index contributed by atoms with van der Waals surface area (Å²) in [6.45, 7) is 3.74. The molecule has 212 valence electrons. The third-order valence-electron chi connectivity index (χ3n) is 6.55. The molecule has 0 aromatic heterocycles. The van der Waals surface area contributed by atoms with E-state index >= 15 is 0 Å². The lowest BCUT2D eigenvalue weighted by atomic mass is 9.82. The highest BCUT2D eigenvalue weighted by Gasteiger charge is 2.27. The molecule has 0 radical (unpaired) electrons. The number of rotatable bonds is 9. The lowest BCUT2D eigenvalue weighted by Gasteiger charge is -2.24. The minimum absolute atomic E-state index is 0.0938. The molecule has 0 heterocycles. The van der Waals surface area contributed by atoms with Crippen LogP contribution >= 0.6 is 0 Å². The smallest absolute Gasteiger partial charge is 0.346 e. The van der Waals surface area contributed by atoms with Crippen LogP contribution in [0.3, 0.4) is 0 Å². The summed E-state index contributed by atoms with van der Waals surface area (Å²) in [6, 6.07) is 6.99. The van der Waals surface area contributed by atoms with Crippen molar-refractivity contribution in [3.63, 3.8) is 0 Å². The highest BCUT2D eigenvalue weighted by atomic mass is 19.2. The average molecular weight is 565 g/mol. The highest BCUT2D eigenvalue weighted by Crippen LogP contribution is 2.40. The monoisotopic (exact) mass is 564 g/mol. The van der Waals surface area contributed by atoms with Crippen LogP contribution in [0.2, 0.25) is 0 Å². The van der Waals surface area contributed by atoms with Crippen LogP contribution in [0, 0.1) is 34.9 Å². The lowest BCUT2D eigenvalue weighted by molar-refractivity contribution is 0.0720. The molecule has 3 aromatic rings. The van der Waals surface area contributed by atoms with Gasteiger partial charge in [0.1, 0.15) is 0 Å².